The fourth-order valence-corrected chi connectivity index (χ4v) is 4.86. The topological polar surface area (TPSA) is 83.4 Å². The highest BCUT2D eigenvalue weighted by Gasteiger charge is 2.30. The van der Waals surface area contributed by atoms with Gasteiger partial charge in [0, 0.05) is 13.1 Å². The molecule has 1 aromatic heterocycles. The summed E-state index contributed by atoms with van der Waals surface area (Å²) in [6, 6.07) is 14.0. The Morgan fingerprint density at radius 3 is 2.52 bits per heavy atom. The molecule has 7 heteroatoms. The molecule has 3 aromatic rings. The number of fused-ring (bicyclic) bond motifs is 1. The summed E-state index contributed by atoms with van der Waals surface area (Å²) >= 11 is 0. The minimum Gasteiger partial charge on any atom is -0.391 e. The lowest BCUT2D eigenvalue weighted by atomic mass is 10.1. The number of aromatic nitrogens is 2. The Bertz CT molecular complexity index is 1100. The second-order valence-electron chi connectivity index (χ2n) is 6.90. The molecule has 6 nitrogen and oxygen atoms in total. The van der Waals surface area contributed by atoms with E-state index in [0.29, 0.717) is 36.4 Å². The third-order valence-corrected chi connectivity index (χ3v) is 6.43. The Hall–Kier alpha value is -2.51. The van der Waals surface area contributed by atoms with Crippen LogP contribution in [0.2, 0.25) is 0 Å². The maximum absolute atomic E-state index is 13.4. The molecule has 1 N–H and O–H groups in total. The molecule has 0 aliphatic carbocycles. The van der Waals surface area contributed by atoms with E-state index in [9.17, 15) is 13.5 Å². The molecule has 0 radical (unpaired) electrons. The highest BCUT2D eigenvalue weighted by Crippen LogP contribution is 2.31. The lowest BCUT2D eigenvalue weighted by Gasteiger charge is -2.31. The van der Waals surface area contributed by atoms with Crippen LogP contribution in [0.25, 0.3) is 11.0 Å². The van der Waals surface area contributed by atoms with Crippen molar-refractivity contribution in [2.24, 2.45) is 0 Å². The Balaban J connectivity index is 1.93. The lowest BCUT2D eigenvalue weighted by Crippen LogP contribution is -2.39. The van der Waals surface area contributed by atoms with Gasteiger partial charge in [-0.1, -0.05) is 24.3 Å². The molecular weight excluding hydrogens is 362 g/mol. The van der Waals surface area contributed by atoms with Crippen LogP contribution >= 0.6 is 0 Å². The molecule has 0 bridgehead atoms. The van der Waals surface area contributed by atoms with E-state index in [1.54, 1.807) is 24.3 Å². The van der Waals surface area contributed by atoms with Gasteiger partial charge in [-0.05, 0) is 49.6 Å². The van der Waals surface area contributed by atoms with Crippen LogP contribution in [0.1, 0.15) is 18.4 Å². The van der Waals surface area contributed by atoms with E-state index in [-0.39, 0.29) is 9.92 Å². The van der Waals surface area contributed by atoms with Crippen LogP contribution in [0.5, 0.6) is 0 Å². The van der Waals surface area contributed by atoms with Crippen molar-refractivity contribution in [3.63, 3.8) is 0 Å². The number of nitrogens with zero attached hydrogens (tertiary/aromatic N) is 3. The molecule has 1 fully saturated rings. The van der Waals surface area contributed by atoms with Crippen LogP contribution in [0, 0.1) is 6.92 Å². The van der Waals surface area contributed by atoms with Gasteiger partial charge in [0.25, 0.3) is 0 Å². The molecule has 0 spiro atoms. The summed E-state index contributed by atoms with van der Waals surface area (Å²) in [4.78, 5) is 11.1. The van der Waals surface area contributed by atoms with E-state index >= 15 is 0 Å². The van der Waals surface area contributed by atoms with Gasteiger partial charge in [-0.3, -0.25) is 0 Å². The average molecular weight is 383 g/mol. The molecule has 140 valence electrons. The zero-order valence-corrected chi connectivity index (χ0v) is 15.9. The minimum atomic E-state index is -3.85. The summed E-state index contributed by atoms with van der Waals surface area (Å²) in [7, 11) is -3.85. The van der Waals surface area contributed by atoms with Crippen molar-refractivity contribution in [2.75, 3.05) is 18.0 Å². The highest BCUT2D eigenvalue weighted by atomic mass is 32.2. The first-order valence-electron chi connectivity index (χ1n) is 8.97. The summed E-state index contributed by atoms with van der Waals surface area (Å²) in [6.45, 7) is 2.84. The van der Waals surface area contributed by atoms with Crippen molar-refractivity contribution in [1.29, 1.82) is 0 Å². The highest BCUT2D eigenvalue weighted by molar-refractivity contribution is 7.91. The van der Waals surface area contributed by atoms with Crippen molar-refractivity contribution in [1.82, 2.24) is 9.97 Å². The first-order valence-corrected chi connectivity index (χ1v) is 10.4. The normalized spacial score (nSPS) is 18.0. The predicted molar refractivity (Wildman–Crippen MR) is 104 cm³/mol. The zero-order valence-electron chi connectivity index (χ0n) is 15.0. The van der Waals surface area contributed by atoms with Crippen molar-refractivity contribution in [3.8, 4) is 0 Å². The van der Waals surface area contributed by atoms with E-state index in [4.69, 9.17) is 0 Å². The van der Waals surface area contributed by atoms with E-state index in [1.165, 1.54) is 0 Å². The maximum Gasteiger partial charge on any atom is 0.227 e. The monoisotopic (exact) mass is 383 g/mol. The molecule has 2 aromatic carbocycles. The Labute approximate surface area is 158 Å². The predicted octanol–water partition coefficient (Wildman–Crippen LogP) is 2.73. The largest absolute Gasteiger partial charge is 0.391 e. The van der Waals surface area contributed by atoms with Crippen LogP contribution in [-0.2, 0) is 9.84 Å². The molecule has 1 saturated heterocycles. The molecule has 0 saturated carbocycles. The SMILES string of the molecule is Cc1cccc(S(=O)(=O)c2nc3ccccc3nc2N2CCCC(O)C2)c1. The van der Waals surface area contributed by atoms with Gasteiger partial charge < -0.3 is 10.0 Å². The third-order valence-electron chi connectivity index (χ3n) is 4.77. The Kier molecular flexibility index (Phi) is 4.57. The zero-order chi connectivity index (χ0) is 19.0. The van der Waals surface area contributed by atoms with Crippen LogP contribution in [0.3, 0.4) is 0 Å². The van der Waals surface area contributed by atoms with Crippen LogP contribution < -0.4 is 4.90 Å². The van der Waals surface area contributed by atoms with E-state index in [2.05, 4.69) is 9.97 Å². The van der Waals surface area contributed by atoms with Crippen molar-refractivity contribution < 1.29 is 13.5 Å². The molecule has 1 aliphatic rings. The smallest absolute Gasteiger partial charge is 0.227 e. The number of β-amino-alcohol motifs (C(OH)–C–C–N with tert-alkyl or cyclic N) is 1. The number of piperidine rings is 1. The van der Waals surface area contributed by atoms with Gasteiger partial charge in [0.1, 0.15) is 0 Å². The molecule has 1 atom stereocenters. The summed E-state index contributed by atoms with van der Waals surface area (Å²) in [6.07, 6.45) is 0.985. The summed E-state index contributed by atoms with van der Waals surface area (Å²) < 4.78 is 26.8. The number of hydrogen-bond acceptors (Lipinski definition) is 6. The van der Waals surface area contributed by atoms with Crippen LogP contribution in [-0.4, -0.2) is 42.7 Å². The quantitative estimate of drug-likeness (QED) is 0.749. The van der Waals surface area contributed by atoms with Crippen LogP contribution in [0.15, 0.2) is 58.5 Å². The molecule has 2 heterocycles. The first-order chi connectivity index (χ1) is 12.9. The van der Waals surface area contributed by atoms with Gasteiger partial charge in [0.15, 0.2) is 5.82 Å². The van der Waals surface area contributed by atoms with E-state index in [1.807, 2.05) is 36.1 Å². The maximum atomic E-state index is 13.4. The Morgan fingerprint density at radius 1 is 1.07 bits per heavy atom. The number of benzene rings is 2. The second-order valence-corrected chi connectivity index (χ2v) is 8.77. The number of aliphatic hydroxyl groups excluding tert-OH is 1. The number of sulfone groups is 1. The number of anilines is 1. The molecule has 1 unspecified atom stereocenters. The summed E-state index contributed by atoms with van der Waals surface area (Å²) in [5.41, 5.74) is 2.03. The standard InChI is InChI=1S/C20H21N3O3S/c1-14-6-4-8-16(12-14)27(25,26)20-19(23-11-5-7-15(24)13-23)21-17-9-2-3-10-18(17)22-20/h2-4,6,8-10,12,15,24H,5,7,11,13H2,1H3. The molecule has 1 aliphatic heterocycles. The van der Waals surface area contributed by atoms with E-state index < -0.39 is 15.9 Å². The summed E-state index contributed by atoms with van der Waals surface area (Å²) in [5, 5.41) is 10.0. The van der Waals surface area contributed by atoms with Crippen LogP contribution in [0.4, 0.5) is 5.82 Å². The lowest BCUT2D eigenvalue weighted by molar-refractivity contribution is 0.153. The first kappa shape index (κ1) is 17.9. The van der Waals surface area contributed by atoms with Gasteiger partial charge in [-0.2, -0.15) is 0 Å². The van der Waals surface area contributed by atoms with Crippen molar-refractivity contribution in [2.45, 2.75) is 35.8 Å². The molecule has 27 heavy (non-hydrogen) atoms. The number of para-hydroxylation sites is 2. The van der Waals surface area contributed by atoms with Crippen molar-refractivity contribution >= 4 is 26.7 Å². The number of aliphatic hydroxyl groups is 1. The second kappa shape index (κ2) is 6.90. The number of rotatable bonds is 3. The van der Waals surface area contributed by atoms with Gasteiger partial charge in [-0.25, -0.2) is 18.4 Å². The molecule has 4 rings (SSSR count). The number of aryl methyl sites for hydroxylation is 1. The average Bonchev–Trinajstić information content (AvgIpc) is 2.67. The van der Waals surface area contributed by atoms with Gasteiger partial charge in [0.2, 0.25) is 14.9 Å². The molecule has 0 amide bonds. The third kappa shape index (κ3) is 3.40. The van der Waals surface area contributed by atoms with E-state index in [0.717, 1.165) is 12.0 Å². The van der Waals surface area contributed by atoms with Crippen molar-refractivity contribution in [3.05, 3.63) is 54.1 Å². The molecular formula is C20H21N3O3S. The Morgan fingerprint density at radius 2 is 1.81 bits per heavy atom. The minimum absolute atomic E-state index is 0.0547. The van der Waals surface area contributed by atoms with Gasteiger partial charge in [-0.15, -0.1) is 0 Å². The van der Waals surface area contributed by atoms with Gasteiger partial charge in [0.05, 0.1) is 22.0 Å². The van der Waals surface area contributed by atoms with Gasteiger partial charge >= 0.3 is 0 Å². The fraction of sp³-hybridized carbons (Fsp3) is 0.300. The fourth-order valence-electron chi connectivity index (χ4n) is 3.40. The number of hydrogen-bond donors (Lipinski definition) is 1. The summed E-state index contributed by atoms with van der Waals surface area (Å²) in [5.74, 6) is 0.314.